The van der Waals surface area contributed by atoms with Crippen LogP contribution < -0.4 is 4.90 Å². The molecular formula is C22H19NO. The molecule has 2 heteroatoms. The van der Waals surface area contributed by atoms with Crippen molar-refractivity contribution in [2.24, 2.45) is 0 Å². The third-order valence-electron chi connectivity index (χ3n) is 4.61. The third-order valence-corrected chi connectivity index (χ3v) is 4.61. The van der Waals surface area contributed by atoms with Crippen molar-refractivity contribution in [2.75, 3.05) is 4.90 Å². The summed E-state index contributed by atoms with van der Waals surface area (Å²) < 4.78 is 0. The molecule has 2 atom stereocenters. The Bertz CT molecular complexity index is 795. The Balaban J connectivity index is 1.69. The highest BCUT2D eigenvalue weighted by Gasteiger charge is 2.53. The molecule has 0 bridgehead atoms. The van der Waals surface area contributed by atoms with Crippen LogP contribution >= 0.6 is 0 Å². The minimum atomic E-state index is -0.127. The van der Waals surface area contributed by atoms with Gasteiger partial charge in [0.25, 0.3) is 0 Å². The fraction of sp³-hybridized carbons (Fsp3) is 0.136. The smallest absolute Gasteiger partial charge is 0.187 e. The van der Waals surface area contributed by atoms with Crippen LogP contribution in [0.2, 0.25) is 0 Å². The average molecular weight is 313 g/mol. The second-order valence-electron chi connectivity index (χ2n) is 6.27. The van der Waals surface area contributed by atoms with Crippen molar-refractivity contribution in [1.82, 2.24) is 0 Å². The number of nitrogens with zero attached hydrogens (tertiary/aromatic N) is 1. The largest absolute Gasteiger partial charge is 0.349 e. The number of anilines is 1. The predicted octanol–water partition coefficient (Wildman–Crippen LogP) is 4.81. The Morgan fingerprint density at radius 1 is 0.792 bits per heavy atom. The number of Topliss-reactive ketones (excluding diaryl/α,β-unsaturated/α-hetero) is 1. The lowest BCUT2D eigenvalue weighted by molar-refractivity contribution is 0.0990. The summed E-state index contributed by atoms with van der Waals surface area (Å²) in [6, 6.07) is 28.3. The van der Waals surface area contributed by atoms with Crippen molar-refractivity contribution >= 4 is 11.5 Å². The number of para-hydroxylation sites is 1. The minimum Gasteiger partial charge on any atom is -0.349 e. The molecule has 0 aromatic heterocycles. The molecule has 3 aromatic carbocycles. The molecule has 0 saturated carbocycles. The summed E-state index contributed by atoms with van der Waals surface area (Å²) in [5, 5.41) is 0. The van der Waals surface area contributed by atoms with Crippen LogP contribution in [0.4, 0.5) is 5.69 Å². The van der Waals surface area contributed by atoms with E-state index in [0.717, 1.165) is 11.3 Å². The first-order valence-corrected chi connectivity index (χ1v) is 8.25. The number of hydrogen-bond donors (Lipinski definition) is 0. The van der Waals surface area contributed by atoms with Crippen LogP contribution in [0.3, 0.4) is 0 Å². The van der Waals surface area contributed by atoms with Crippen molar-refractivity contribution in [3.05, 3.63) is 102 Å². The molecule has 1 heterocycles. The summed E-state index contributed by atoms with van der Waals surface area (Å²) in [5.41, 5.74) is 4.23. The van der Waals surface area contributed by atoms with Crippen LogP contribution in [0.15, 0.2) is 84.9 Å². The quantitative estimate of drug-likeness (QED) is 0.509. The van der Waals surface area contributed by atoms with Gasteiger partial charge in [-0.3, -0.25) is 4.79 Å². The number of carbonyl (C=O) groups is 1. The van der Waals surface area contributed by atoms with Gasteiger partial charge in [-0.2, -0.15) is 0 Å². The topological polar surface area (TPSA) is 20.1 Å². The van der Waals surface area contributed by atoms with E-state index in [1.165, 1.54) is 11.1 Å². The van der Waals surface area contributed by atoms with Gasteiger partial charge >= 0.3 is 0 Å². The van der Waals surface area contributed by atoms with Crippen LogP contribution in [0.5, 0.6) is 0 Å². The fourth-order valence-corrected chi connectivity index (χ4v) is 3.30. The van der Waals surface area contributed by atoms with E-state index in [2.05, 4.69) is 29.2 Å². The monoisotopic (exact) mass is 313 g/mol. The predicted molar refractivity (Wildman–Crippen MR) is 97.4 cm³/mol. The van der Waals surface area contributed by atoms with E-state index in [0.29, 0.717) is 0 Å². The van der Waals surface area contributed by atoms with Crippen LogP contribution in [0.25, 0.3) is 0 Å². The Kier molecular flexibility index (Phi) is 3.66. The number of benzene rings is 3. The summed E-state index contributed by atoms with van der Waals surface area (Å²) in [5.74, 6) is 0.188. The Morgan fingerprint density at radius 2 is 1.38 bits per heavy atom. The average Bonchev–Trinajstić information content (AvgIpc) is 3.39. The van der Waals surface area contributed by atoms with Gasteiger partial charge in [0.1, 0.15) is 6.04 Å². The Labute approximate surface area is 142 Å². The fourth-order valence-electron chi connectivity index (χ4n) is 3.30. The molecule has 0 unspecified atom stereocenters. The van der Waals surface area contributed by atoms with Gasteiger partial charge in [0.15, 0.2) is 5.78 Å². The number of rotatable bonds is 4. The van der Waals surface area contributed by atoms with Crippen molar-refractivity contribution in [2.45, 2.75) is 19.0 Å². The van der Waals surface area contributed by atoms with Gasteiger partial charge in [-0.1, -0.05) is 78.4 Å². The molecule has 1 saturated heterocycles. The van der Waals surface area contributed by atoms with Gasteiger partial charge in [0.2, 0.25) is 0 Å². The highest BCUT2D eigenvalue weighted by molar-refractivity contribution is 6.06. The van der Waals surface area contributed by atoms with Gasteiger partial charge < -0.3 is 4.90 Å². The first kappa shape index (κ1) is 14.7. The van der Waals surface area contributed by atoms with Gasteiger partial charge in [0.05, 0.1) is 6.04 Å². The van der Waals surface area contributed by atoms with Crippen molar-refractivity contribution in [3.8, 4) is 0 Å². The van der Waals surface area contributed by atoms with Gasteiger partial charge in [-0.15, -0.1) is 0 Å². The summed E-state index contributed by atoms with van der Waals surface area (Å²) in [6.45, 7) is 2.04. The van der Waals surface area contributed by atoms with Gasteiger partial charge in [0, 0.05) is 11.3 Å². The zero-order valence-corrected chi connectivity index (χ0v) is 13.6. The lowest BCUT2D eigenvalue weighted by Gasteiger charge is -2.06. The van der Waals surface area contributed by atoms with Crippen molar-refractivity contribution in [3.63, 3.8) is 0 Å². The first-order valence-electron chi connectivity index (χ1n) is 8.25. The number of aryl methyl sites for hydroxylation is 1. The van der Waals surface area contributed by atoms with Crippen LogP contribution in [-0.4, -0.2) is 11.8 Å². The minimum absolute atomic E-state index is 0.113. The molecular weight excluding hydrogens is 294 g/mol. The highest BCUT2D eigenvalue weighted by atomic mass is 16.1. The van der Waals surface area contributed by atoms with Crippen LogP contribution in [0.1, 0.15) is 27.5 Å². The second-order valence-corrected chi connectivity index (χ2v) is 6.27. The van der Waals surface area contributed by atoms with E-state index >= 15 is 0 Å². The van der Waals surface area contributed by atoms with E-state index < -0.39 is 0 Å². The highest BCUT2D eigenvalue weighted by Crippen LogP contribution is 2.48. The van der Waals surface area contributed by atoms with Crippen molar-refractivity contribution < 1.29 is 4.79 Å². The molecule has 24 heavy (non-hydrogen) atoms. The number of ketones is 1. The Hall–Kier alpha value is -2.87. The van der Waals surface area contributed by atoms with Gasteiger partial charge in [-0.05, 0) is 24.6 Å². The molecule has 0 amide bonds. The standard InChI is InChI=1S/C22H19NO/c1-16-12-14-18(15-13-16)22(24)21-20(17-8-4-2-5-9-17)23(21)19-10-6-3-7-11-19/h2-15,20-21H,1H3/t20-,21-,23?/m1/s1. The van der Waals surface area contributed by atoms with Crippen LogP contribution in [0, 0.1) is 6.92 Å². The SMILES string of the molecule is Cc1ccc(C(=O)[C@H]2[C@@H](c3ccccc3)N2c2ccccc2)cc1. The lowest BCUT2D eigenvalue weighted by Crippen LogP contribution is -2.12. The summed E-state index contributed by atoms with van der Waals surface area (Å²) in [4.78, 5) is 15.2. The van der Waals surface area contributed by atoms with E-state index in [9.17, 15) is 4.79 Å². The maximum atomic E-state index is 13.0. The van der Waals surface area contributed by atoms with Crippen LogP contribution in [-0.2, 0) is 0 Å². The molecule has 118 valence electrons. The lowest BCUT2D eigenvalue weighted by atomic mass is 10.0. The summed E-state index contributed by atoms with van der Waals surface area (Å²) >= 11 is 0. The third kappa shape index (κ3) is 2.61. The first-order chi connectivity index (χ1) is 11.8. The molecule has 0 N–H and O–H groups in total. The molecule has 1 aliphatic heterocycles. The molecule has 1 fully saturated rings. The normalized spacial score (nSPS) is 19.1. The summed E-state index contributed by atoms with van der Waals surface area (Å²) in [6.07, 6.45) is 0. The summed E-state index contributed by atoms with van der Waals surface area (Å²) in [7, 11) is 0. The second kappa shape index (κ2) is 5.97. The zero-order valence-electron chi connectivity index (χ0n) is 13.6. The number of carbonyl (C=O) groups excluding carboxylic acids is 1. The number of hydrogen-bond acceptors (Lipinski definition) is 2. The van der Waals surface area contributed by atoms with Gasteiger partial charge in [-0.25, -0.2) is 0 Å². The zero-order chi connectivity index (χ0) is 16.5. The van der Waals surface area contributed by atoms with E-state index in [1.54, 1.807) is 0 Å². The maximum Gasteiger partial charge on any atom is 0.187 e. The Morgan fingerprint density at radius 3 is 2.00 bits per heavy atom. The molecule has 0 aliphatic carbocycles. The van der Waals surface area contributed by atoms with Crippen molar-refractivity contribution in [1.29, 1.82) is 0 Å². The molecule has 0 spiro atoms. The van der Waals surface area contributed by atoms with E-state index in [-0.39, 0.29) is 17.9 Å². The molecule has 3 aromatic rings. The maximum absolute atomic E-state index is 13.0. The molecule has 2 nitrogen and oxygen atoms in total. The molecule has 4 rings (SSSR count). The van der Waals surface area contributed by atoms with E-state index in [4.69, 9.17) is 0 Å². The molecule has 0 radical (unpaired) electrons. The van der Waals surface area contributed by atoms with E-state index in [1.807, 2.05) is 67.6 Å². The molecule has 1 aliphatic rings.